The van der Waals surface area contributed by atoms with Crippen LogP contribution in [0.15, 0.2) is 24.3 Å². The molecule has 1 heterocycles. The lowest BCUT2D eigenvalue weighted by Gasteiger charge is -2.20. The van der Waals surface area contributed by atoms with Gasteiger partial charge in [-0.1, -0.05) is 12.1 Å². The summed E-state index contributed by atoms with van der Waals surface area (Å²) in [6.07, 6.45) is 0.351. The van der Waals surface area contributed by atoms with Crippen molar-refractivity contribution in [2.75, 3.05) is 32.0 Å². The van der Waals surface area contributed by atoms with E-state index in [0.29, 0.717) is 26.1 Å². The number of amides is 3. The molecule has 21 heavy (non-hydrogen) atoms. The van der Waals surface area contributed by atoms with Gasteiger partial charge >= 0.3 is 6.03 Å². The first-order chi connectivity index (χ1) is 10.1. The molecule has 0 saturated carbocycles. The van der Waals surface area contributed by atoms with Gasteiger partial charge in [0.25, 0.3) is 0 Å². The standard InChI is InChI=1S/C15H22N4O2/c1-11(16-2)12-4-3-5-13(10-12)18-15(21)19-8-6-14(20)17-7-9-19/h3-5,10-11,16H,6-9H2,1-2H3,(H,17,20)(H,18,21). The number of rotatable bonds is 3. The smallest absolute Gasteiger partial charge is 0.321 e. The third-order valence-electron chi connectivity index (χ3n) is 3.67. The number of nitrogens with zero attached hydrogens (tertiary/aromatic N) is 1. The van der Waals surface area contributed by atoms with Crippen LogP contribution in [-0.4, -0.2) is 43.5 Å². The zero-order valence-electron chi connectivity index (χ0n) is 12.5. The Morgan fingerprint density at radius 2 is 2.19 bits per heavy atom. The minimum Gasteiger partial charge on any atom is -0.354 e. The van der Waals surface area contributed by atoms with Crippen LogP contribution < -0.4 is 16.0 Å². The Labute approximate surface area is 124 Å². The molecule has 1 aliphatic rings. The predicted molar refractivity (Wildman–Crippen MR) is 82.1 cm³/mol. The molecule has 1 fully saturated rings. The van der Waals surface area contributed by atoms with Crippen LogP contribution in [0.1, 0.15) is 24.9 Å². The normalized spacial score (nSPS) is 16.9. The number of urea groups is 1. The molecule has 0 spiro atoms. The van der Waals surface area contributed by atoms with Gasteiger partial charge in [0.05, 0.1) is 0 Å². The number of carbonyl (C=O) groups excluding carboxylic acids is 2. The molecule has 6 nitrogen and oxygen atoms in total. The quantitative estimate of drug-likeness (QED) is 0.786. The number of hydrogen-bond donors (Lipinski definition) is 3. The van der Waals surface area contributed by atoms with Crippen molar-refractivity contribution in [3.63, 3.8) is 0 Å². The maximum Gasteiger partial charge on any atom is 0.321 e. The molecular formula is C15H22N4O2. The van der Waals surface area contributed by atoms with Crippen molar-refractivity contribution in [3.8, 4) is 0 Å². The molecule has 1 aliphatic heterocycles. The molecule has 0 aliphatic carbocycles. The Bertz CT molecular complexity index is 518. The molecule has 3 amide bonds. The molecule has 0 bridgehead atoms. The van der Waals surface area contributed by atoms with Crippen LogP contribution in [0.2, 0.25) is 0 Å². The molecule has 2 rings (SSSR count). The molecule has 0 aromatic heterocycles. The van der Waals surface area contributed by atoms with Gasteiger partial charge in [-0.25, -0.2) is 4.79 Å². The van der Waals surface area contributed by atoms with Crippen LogP contribution in [-0.2, 0) is 4.79 Å². The van der Waals surface area contributed by atoms with E-state index in [4.69, 9.17) is 0 Å². The van der Waals surface area contributed by atoms with Crippen LogP contribution in [0.3, 0.4) is 0 Å². The minimum absolute atomic E-state index is 0.00450. The van der Waals surface area contributed by atoms with Gasteiger partial charge in [0.1, 0.15) is 0 Å². The van der Waals surface area contributed by atoms with E-state index in [0.717, 1.165) is 11.3 Å². The molecule has 1 aromatic rings. The second-order valence-corrected chi connectivity index (χ2v) is 5.15. The first-order valence-electron chi connectivity index (χ1n) is 7.20. The summed E-state index contributed by atoms with van der Waals surface area (Å²) in [7, 11) is 1.90. The van der Waals surface area contributed by atoms with E-state index < -0.39 is 0 Å². The van der Waals surface area contributed by atoms with E-state index >= 15 is 0 Å². The largest absolute Gasteiger partial charge is 0.354 e. The summed E-state index contributed by atoms with van der Waals surface area (Å²) in [5, 5.41) is 8.82. The van der Waals surface area contributed by atoms with E-state index in [1.54, 1.807) is 4.90 Å². The van der Waals surface area contributed by atoms with Gasteiger partial charge < -0.3 is 20.9 Å². The van der Waals surface area contributed by atoms with E-state index in [2.05, 4.69) is 22.9 Å². The van der Waals surface area contributed by atoms with Gasteiger partial charge in [0.2, 0.25) is 5.91 Å². The maximum atomic E-state index is 12.2. The summed E-state index contributed by atoms with van der Waals surface area (Å²) in [5.41, 5.74) is 1.88. The zero-order valence-corrected chi connectivity index (χ0v) is 12.5. The van der Waals surface area contributed by atoms with Crippen LogP contribution in [0.5, 0.6) is 0 Å². The van der Waals surface area contributed by atoms with Crippen LogP contribution >= 0.6 is 0 Å². The minimum atomic E-state index is -0.166. The van der Waals surface area contributed by atoms with Gasteiger partial charge in [-0.3, -0.25) is 4.79 Å². The lowest BCUT2D eigenvalue weighted by Crippen LogP contribution is -2.37. The summed E-state index contributed by atoms with van der Waals surface area (Å²) >= 11 is 0. The molecule has 3 N–H and O–H groups in total. The van der Waals surface area contributed by atoms with Crippen molar-refractivity contribution < 1.29 is 9.59 Å². The topological polar surface area (TPSA) is 73.5 Å². The SMILES string of the molecule is CNC(C)c1cccc(NC(=O)N2CCNC(=O)CC2)c1. The third-order valence-corrected chi connectivity index (χ3v) is 3.67. The fraction of sp³-hybridized carbons (Fsp3) is 0.467. The Hall–Kier alpha value is -2.08. The van der Waals surface area contributed by atoms with Gasteiger partial charge in [0, 0.05) is 37.8 Å². The molecule has 1 unspecified atom stereocenters. The van der Waals surface area contributed by atoms with E-state index in [1.165, 1.54) is 0 Å². The number of hydrogen-bond acceptors (Lipinski definition) is 3. The molecule has 114 valence electrons. The summed E-state index contributed by atoms with van der Waals surface area (Å²) < 4.78 is 0. The number of carbonyl (C=O) groups is 2. The Kier molecular flexibility index (Phi) is 5.16. The van der Waals surface area contributed by atoms with Crippen LogP contribution in [0, 0.1) is 0 Å². The highest BCUT2D eigenvalue weighted by molar-refractivity contribution is 5.90. The monoisotopic (exact) mass is 290 g/mol. The first-order valence-corrected chi connectivity index (χ1v) is 7.20. The zero-order chi connectivity index (χ0) is 15.2. The summed E-state index contributed by atoms with van der Waals surface area (Å²) in [5.74, 6) is -0.00450. The highest BCUT2D eigenvalue weighted by atomic mass is 16.2. The maximum absolute atomic E-state index is 12.2. The van der Waals surface area contributed by atoms with Crippen molar-refractivity contribution in [2.45, 2.75) is 19.4 Å². The van der Waals surface area contributed by atoms with Gasteiger partial charge in [-0.05, 0) is 31.7 Å². The van der Waals surface area contributed by atoms with E-state index in [-0.39, 0.29) is 18.0 Å². The van der Waals surface area contributed by atoms with Crippen molar-refractivity contribution in [1.82, 2.24) is 15.5 Å². The summed E-state index contributed by atoms with van der Waals surface area (Å²) in [6.45, 7) is 3.55. The predicted octanol–water partition coefficient (Wildman–Crippen LogP) is 1.32. The van der Waals surface area contributed by atoms with Gasteiger partial charge in [-0.15, -0.1) is 0 Å². The number of nitrogens with one attached hydrogen (secondary N) is 3. The second-order valence-electron chi connectivity index (χ2n) is 5.15. The first kappa shape index (κ1) is 15.3. The van der Waals surface area contributed by atoms with Crippen molar-refractivity contribution in [3.05, 3.63) is 29.8 Å². The molecule has 6 heteroatoms. The molecule has 1 aromatic carbocycles. The Morgan fingerprint density at radius 1 is 1.38 bits per heavy atom. The molecule has 1 atom stereocenters. The fourth-order valence-corrected chi connectivity index (χ4v) is 2.23. The third kappa shape index (κ3) is 4.19. The second kappa shape index (κ2) is 7.08. The summed E-state index contributed by atoms with van der Waals surface area (Å²) in [6, 6.07) is 7.82. The van der Waals surface area contributed by atoms with Crippen molar-refractivity contribution in [1.29, 1.82) is 0 Å². The summed E-state index contributed by atoms with van der Waals surface area (Å²) in [4.78, 5) is 25.2. The highest BCUT2D eigenvalue weighted by Gasteiger charge is 2.18. The molecule has 1 saturated heterocycles. The highest BCUT2D eigenvalue weighted by Crippen LogP contribution is 2.17. The van der Waals surface area contributed by atoms with Crippen LogP contribution in [0.25, 0.3) is 0 Å². The lowest BCUT2D eigenvalue weighted by molar-refractivity contribution is -0.120. The van der Waals surface area contributed by atoms with Gasteiger partial charge in [0.15, 0.2) is 0 Å². The number of anilines is 1. The Balaban J connectivity index is 2.00. The lowest BCUT2D eigenvalue weighted by atomic mass is 10.1. The van der Waals surface area contributed by atoms with Crippen molar-refractivity contribution in [2.24, 2.45) is 0 Å². The number of benzene rings is 1. The van der Waals surface area contributed by atoms with E-state index in [9.17, 15) is 9.59 Å². The van der Waals surface area contributed by atoms with Crippen molar-refractivity contribution >= 4 is 17.6 Å². The molecular weight excluding hydrogens is 268 g/mol. The average Bonchev–Trinajstić information content (AvgIpc) is 2.71. The van der Waals surface area contributed by atoms with Gasteiger partial charge in [-0.2, -0.15) is 0 Å². The van der Waals surface area contributed by atoms with Crippen LogP contribution in [0.4, 0.5) is 10.5 Å². The fourth-order valence-electron chi connectivity index (χ4n) is 2.23. The van der Waals surface area contributed by atoms with E-state index in [1.807, 2.05) is 31.3 Å². The Morgan fingerprint density at radius 3 is 2.95 bits per heavy atom. The average molecular weight is 290 g/mol. The molecule has 0 radical (unpaired) electrons.